The average Bonchev–Trinajstić information content (AvgIpc) is 2.46. The van der Waals surface area contributed by atoms with E-state index in [1.165, 1.54) is 11.1 Å². The van der Waals surface area contributed by atoms with Crippen LogP contribution in [0.25, 0.3) is 0 Å². The SMILES string of the molecule is CCN(CC)Cc1ccc(CNCC(C)COC)cc1. The number of benzene rings is 1. The van der Waals surface area contributed by atoms with Crippen molar-refractivity contribution in [2.24, 2.45) is 5.92 Å². The monoisotopic (exact) mass is 278 g/mol. The second-order valence-electron chi connectivity index (χ2n) is 5.47. The van der Waals surface area contributed by atoms with Gasteiger partial charge in [0.2, 0.25) is 0 Å². The molecule has 0 bridgehead atoms. The maximum Gasteiger partial charge on any atom is 0.0499 e. The van der Waals surface area contributed by atoms with E-state index in [2.05, 4.69) is 55.3 Å². The second-order valence-corrected chi connectivity index (χ2v) is 5.47. The van der Waals surface area contributed by atoms with Crippen molar-refractivity contribution in [1.29, 1.82) is 0 Å². The van der Waals surface area contributed by atoms with Gasteiger partial charge in [0.05, 0.1) is 0 Å². The highest BCUT2D eigenvalue weighted by Crippen LogP contribution is 2.07. The minimum atomic E-state index is 0.557. The second kappa shape index (κ2) is 9.92. The van der Waals surface area contributed by atoms with E-state index in [1.54, 1.807) is 7.11 Å². The lowest BCUT2D eigenvalue weighted by molar-refractivity contribution is 0.158. The van der Waals surface area contributed by atoms with E-state index in [4.69, 9.17) is 4.74 Å². The molecule has 0 spiro atoms. The van der Waals surface area contributed by atoms with Crippen molar-refractivity contribution in [3.8, 4) is 0 Å². The molecule has 1 unspecified atom stereocenters. The van der Waals surface area contributed by atoms with Gasteiger partial charge in [-0.15, -0.1) is 0 Å². The summed E-state index contributed by atoms with van der Waals surface area (Å²) in [7, 11) is 1.76. The van der Waals surface area contributed by atoms with Gasteiger partial charge in [-0.1, -0.05) is 45.0 Å². The lowest BCUT2D eigenvalue weighted by Crippen LogP contribution is -2.23. The van der Waals surface area contributed by atoms with Crippen molar-refractivity contribution in [2.45, 2.75) is 33.9 Å². The molecular formula is C17H30N2O. The van der Waals surface area contributed by atoms with Gasteiger partial charge in [0.25, 0.3) is 0 Å². The zero-order valence-corrected chi connectivity index (χ0v) is 13.5. The van der Waals surface area contributed by atoms with E-state index in [9.17, 15) is 0 Å². The summed E-state index contributed by atoms with van der Waals surface area (Å²) in [6.45, 7) is 12.6. The molecule has 0 saturated carbocycles. The van der Waals surface area contributed by atoms with Crippen LogP contribution in [0.5, 0.6) is 0 Å². The Labute approximate surface area is 124 Å². The molecule has 0 aliphatic heterocycles. The molecule has 1 rings (SSSR count). The molecule has 0 heterocycles. The van der Waals surface area contributed by atoms with Crippen LogP contribution in [0.1, 0.15) is 31.9 Å². The molecule has 0 aromatic heterocycles. The number of hydrogen-bond donors (Lipinski definition) is 1. The van der Waals surface area contributed by atoms with Gasteiger partial charge in [-0.05, 0) is 30.1 Å². The van der Waals surface area contributed by atoms with Gasteiger partial charge in [-0.2, -0.15) is 0 Å². The van der Waals surface area contributed by atoms with Crippen LogP contribution in [0, 0.1) is 5.92 Å². The van der Waals surface area contributed by atoms with Gasteiger partial charge in [0.15, 0.2) is 0 Å². The van der Waals surface area contributed by atoms with Gasteiger partial charge in [-0.3, -0.25) is 4.90 Å². The normalized spacial score (nSPS) is 12.8. The smallest absolute Gasteiger partial charge is 0.0499 e. The van der Waals surface area contributed by atoms with E-state index in [0.29, 0.717) is 5.92 Å². The zero-order valence-electron chi connectivity index (χ0n) is 13.5. The van der Waals surface area contributed by atoms with Crippen molar-refractivity contribution in [1.82, 2.24) is 10.2 Å². The number of nitrogens with zero attached hydrogens (tertiary/aromatic N) is 1. The van der Waals surface area contributed by atoms with E-state index < -0.39 is 0 Å². The largest absolute Gasteiger partial charge is 0.384 e. The van der Waals surface area contributed by atoms with Gasteiger partial charge in [-0.25, -0.2) is 0 Å². The van der Waals surface area contributed by atoms with Crippen LogP contribution >= 0.6 is 0 Å². The molecule has 0 fully saturated rings. The average molecular weight is 278 g/mol. The Morgan fingerprint density at radius 2 is 1.70 bits per heavy atom. The van der Waals surface area contributed by atoms with Gasteiger partial charge >= 0.3 is 0 Å². The summed E-state index contributed by atoms with van der Waals surface area (Å²) in [4.78, 5) is 2.43. The van der Waals surface area contributed by atoms with Crippen LogP contribution in [0.4, 0.5) is 0 Å². The molecule has 0 amide bonds. The van der Waals surface area contributed by atoms with E-state index >= 15 is 0 Å². The predicted molar refractivity (Wildman–Crippen MR) is 85.8 cm³/mol. The fourth-order valence-corrected chi connectivity index (χ4v) is 2.27. The van der Waals surface area contributed by atoms with E-state index in [0.717, 1.165) is 39.3 Å². The summed E-state index contributed by atoms with van der Waals surface area (Å²) < 4.78 is 5.14. The Morgan fingerprint density at radius 3 is 2.25 bits per heavy atom. The molecule has 114 valence electrons. The minimum absolute atomic E-state index is 0.557. The molecule has 3 heteroatoms. The number of ether oxygens (including phenoxy) is 1. The first-order chi connectivity index (χ1) is 9.69. The quantitative estimate of drug-likeness (QED) is 0.712. The van der Waals surface area contributed by atoms with Crippen LogP contribution in [0.3, 0.4) is 0 Å². The molecule has 20 heavy (non-hydrogen) atoms. The third-order valence-corrected chi connectivity index (χ3v) is 3.60. The van der Waals surface area contributed by atoms with Gasteiger partial charge in [0.1, 0.15) is 0 Å². The minimum Gasteiger partial charge on any atom is -0.384 e. The Kier molecular flexibility index (Phi) is 8.51. The molecule has 1 aromatic rings. The Hall–Kier alpha value is -0.900. The fraction of sp³-hybridized carbons (Fsp3) is 0.647. The molecule has 1 atom stereocenters. The van der Waals surface area contributed by atoms with Crippen molar-refractivity contribution in [2.75, 3.05) is 33.4 Å². The van der Waals surface area contributed by atoms with Crippen LogP contribution in [0.15, 0.2) is 24.3 Å². The lowest BCUT2D eigenvalue weighted by Gasteiger charge is -2.18. The first kappa shape index (κ1) is 17.2. The van der Waals surface area contributed by atoms with E-state index in [-0.39, 0.29) is 0 Å². The number of methoxy groups -OCH3 is 1. The lowest BCUT2D eigenvalue weighted by atomic mass is 10.1. The van der Waals surface area contributed by atoms with Crippen LogP contribution < -0.4 is 5.32 Å². The highest BCUT2D eigenvalue weighted by molar-refractivity contribution is 5.22. The molecule has 0 saturated heterocycles. The summed E-state index contributed by atoms with van der Waals surface area (Å²) >= 11 is 0. The van der Waals surface area contributed by atoms with Crippen molar-refractivity contribution < 1.29 is 4.74 Å². The third kappa shape index (κ3) is 6.51. The molecule has 1 aromatic carbocycles. The zero-order chi connectivity index (χ0) is 14.8. The first-order valence-corrected chi connectivity index (χ1v) is 7.69. The fourth-order valence-electron chi connectivity index (χ4n) is 2.27. The topological polar surface area (TPSA) is 24.5 Å². The maximum atomic E-state index is 5.14. The predicted octanol–water partition coefficient (Wildman–Crippen LogP) is 2.90. The Morgan fingerprint density at radius 1 is 1.10 bits per heavy atom. The molecule has 3 nitrogen and oxygen atoms in total. The van der Waals surface area contributed by atoms with Crippen LogP contribution in [0.2, 0.25) is 0 Å². The third-order valence-electron chi connectivity index (χ3n) is 3.60. The van der Waals surface area contributed by atoms with Crippen molar-refractivity contribution in [3.63, 3.8) is 0 Å². The standard InChI is InChI=1S/C17H30N2O/c1-5-19(6-2)13-17-9-7-16(8-10-17)12-18-11-15(3)14-20-4/h7-10,15,18H,5-6,11-14H2,1-4H3. The maximum absolute atomic E-state index is 5.14. The molecular weight excluding hydrogens is 248 g/mol. The summed E-state index contributed by atoms with van der Waals surface area (Å²) in [5, 5.41) is 3.48. The van der Waals surface area contributed by atoms with Gasteiger partial charge < -0.3 is 10.1 Å². The van der Waals surface area contributed by atoms with Crippen molar-refractivity contribution in [3.05, 3.63) is 35.4 Å². The van der Waals surface area contributed by atoms with E-state index in [1.807, 2.05) is 0 Å². The molecule has 0 radical (unpaired) electrons. The first-order valence-electron chi connectivity index (χ1n) is 7.69. The van der Waals surface area contributed by atoms with Crippen molar-refractivity contribution >= 4 is 0 Å². The number of hydrogen-bond acceptors (Lipinski definition) is 3. The molecule has 0 aliphatic carbocycles. The molecule has 1 N–H and O–H groups in total. The van der Waals surface area contributed by atoms with Crippen LogP contribution in [-0.2, 0) is 17.8 Å². The summed E-state index contributed by atoms with van der Waals surface area (Å²) in [5.41, 5.74) is 2.74. The summed E-state index contributed by atoms with van der Waals surface area (Å²) in [5.74, 6) is 0.557. The highest BCUT2D eigenvalue weighted by Gasteiger charge is 2.02. The summed E-state index contributed by atoms with van der Waals surface area (Å²) in [6.07, 6.45) is 0. The molecule has 0 aliphatic rings. The Balaban J connectivity index is 2.35. The Bertz CT molecular complexity index is 347. The number of nitrogens with one attached hydrogen (secondary N) is 1. The summed E-state index contributed by atoms with van der Waals surface area (Å²) in [6, 6.07) is 8.95. The van der Waals surface area contributed by atoms with Gasteiger partial charge in [0, 0.05) is 33.4 Å². The highest BCUT2D eigenvalue weighted by atomic mass is 16.5. The number of rotatable bonds is 10. The van der Waals surface area contributed by atoms with Crippen LogP contribution in [-0.4, -0.2) is 38.3 Å².